The van der Waals surface area contributed by atoms with E-state index in [1.807, 2.05) is 43.3 Å². The summed E-state index contributed by atoms with van der Waals surface area (Å²) in [6.45, 7) is 5.02. The number of aryl methyl sites for hydroxylation is 1. The molecule has 1 aromatic heterocycles. The van der Waals surface area contributed by atoms with E-state index in [4.69, 9.17) is 0 Å². The summed E-state index contributed by atoms with van der Waals surface area (Å²) in [5, 5.41) is 9.19. The molecule has 114 valence electrons. The molecular formula is C18H19NO3. The first kappa shape index (κ1) is 15.8. The topological polar surface area (TPSA) is 59.3 Å². The summed E-state index contributed by atoms with van der Waals surface area (Å²) < 4.78 is 1.22. The highest BCUT2D eigenvalue weighted by atomic mass is 16.4. The summed E-state index contributed by atoms with van der Waals surface area (Å²) in [6.07, 6.45) is 5.29. The van der Waals surface area contributed by atoms with Crippen molar-refractivity contribution in [2.75, 3.05) is 0 Å². The van der Waals surface area contributed by atoms with Crippen molar-refractivity contribution in [2.45, 2.75) is 26.3 Å². The normalized spacial score (nSPS) is 11.8. The Hall–Kier alpha value is -2.62. The molecular weight excluding hydrogens is 278 g/mol. The molecule has 22 heavy (non-hydrogen) atoms. The van der Waals surface area contributed by atoms with Gasteiger partial charge in [0.25, 0.3) is 5.56 Å². The molecule has 0 saturated carbocycles. The van der Waals surface area contributed by atoms with Crippen LogP contribution in [0.25, 0.3) is 12.2 Å². The second-order valence-corrected chi connectivity index (χ2v) is 5.78. The number of hydrogen-bond acceptors (Lipinski definition) is 2. The lowest BCUT2D eigenvalue weighted by Gasteiger charge is -2.22. The zero-order valence-electron chi connectivity index (χ0n) is 12.9. The van der Waals surface area contributed by atoms with Gasteiger partial charge in [-0.25, -0.2) is 4.79 Å². The Morgan fingerprint density at radius 3 is 2.32 bits per heavy atom. The quantitative estimate of drug-likeness (QED) is 0.943. The lowest BCUT2D eigenvalue weighted by atomic mass is 10.1. The number of pyridine rings is 1. The van der Waals surface area contributed by atoms with Crippen LogP contribution in [0.2, 0.25) is 0 Å². The standard InChI is InChI=1S/C18H19NO3/c1-13-5-4-6-14(11-13)7-8-15-9-10-19(16(20)12-15)18(2,3)17(21)22/h4-12H,1-3H3,(H,21,22)/b8-7+. The number of aliphatic carboxylic acids is 1. The van der Waals surface area contributed by atoms with Gasteiger partial charge >= 0.3 is 5.97 Å². The summed E-state index contributed by atoms with van der Waals surface area (Å²) >= 11 is 0. The molecule has 2 rings (SSSR count). The molecule has 1 N–H and O–H groups in total. The number of hydrogen-bond donors (Lipinski definition) is 1. The number of carboxylic acids is 1. The first-order valence-corrected chi connectivity index (χ1v) is 7.02. The molecule has 0 bridgehead atoms. The van der Waals surface area contributed by atoms with Crippen molar-refractivity contribution >= 4 is 18.1 Å². The van der Waals surface area contributed by atoms with Crippen LogP contribution in [0.5, 0.6) is 0 Å². The van der Waals surface area contributed by atoms with Gasteiger partial charge in [-0.1, -0.05) is 42.0 Å². The summed E-state index contributed by atoms with van der Waals surface area (Å²) in [4.78, 5) is 23.3. The molecule has 0 fully saturated rings. The zero-order valence-corrected chi connectivity index (χ0v) is 12.9. The third-order valence-corrected chi connectivity index (χ3v) is 3.58. The molecule has 2 aromatic rings. The summed E-state index contributed by atoms with van der Waals surface area (Å²) in [7, 11) is 0. The van der Waals surface area contributed by atoms with Gasteiger partial charge < -0.3 is 5.11 Å². The maximum Gasteiger partial charge on any atom is 0.329 e. The molecule has 0 spiro atoms. The summed E-state index contributed by atoms with van der Waals surface area (Å²) in [5.41, 5.74) is 1.36. The van der Waals surface area contributed by atoms with Crippen LogP contribution in [0.4, 0.5) is 0 Å². The van der Waals surface area contributed by atoms with E-state index in [-0.39, 0.29) is 5.56 Å². The van der Waals surface area contributed by atoms with E-state index >= 15 is 0 Å². The minimum Gasteiger partial charge on any atom is -0.480 e. The molecule has 0 aliphatic heterocycles. The SMILES string of the molecule is Cc1cccc(/C=C/c2ccn(C(C)(C)C(=O)O)c(=O)c2)c1. The smallest absolute Gasteiger partial charge is 0.329 e. The van der Waals surface area contributed by atoms with Gasteiger partial charge in [0.1, 0.15) is 5.54 Å². The maximum atomic E-state index is 12.1. The van der Waals surface area contributed by atoms with Crippen LogP contribution in [0.1, 0.15) is 30.5 Å². The number of rotatable bonds is 4. The van der Waals surface area contributed by atoms with E-state index in [1.165, 1.54) is 36.2 Å². The molecule has 0 atom stereocenters. The fourth-order valence-electron chi connectivity index (χ4n) is 2.13. The zero-order chi connectivity index (χ0) is 16.3. The van der Waals surface area contributed by atoms with Crippen LogP contribution in [0.15, 0.2) is 47.4 Å². The highest BCUT2D eigenvalue weighted by Gasteiger charge is 2.29. The second kappa shape index (κ2) is 6.02. The van der Waals surface area contributed by atoms with Crippen molar-refractivity contribution in [3.05, 3.63) is 69.6 Å². The number of aromatic nitrogens is 1. The summed E-state index contributed by atoms with van der Waals surface area (Å²) in [5.74, 6) is -1.04. The molecule has 0 radical (unpaired) electrons. The van der Waals surface area contributed by atoms with Crippen LogP contribution < -0.4 is 5.56 Å². The Balaban J connectivity index is 2.31. The third-order valence-electron chi connectivity index (χ3n) is 3.58. The van der Waals surface area contributed by atoms with Gasteiger partial charge in [-0.15, -0.1) is 0 Å². The lowest BCUT2D eigenvalue weighted by Crippen LogP contribution is -2.42. The van der Waals surface area contributed by atoms with Crippen LogP contribution in [0, 0.1) is 6.92 Å². The van der Waals surface area contributed by atoms with Gasteiger partial charge in [-0.2, -0.15) is 0 Å². The fraction of sp³-hybridized carbons (Fsp3) is 0.222. The Morgan fingerprint density at radius 1 is 1.14 bits per heavy atom. The monoisotopic (exact) mass is 297 g/mol. The van der Waals surface area contributed by atoms with Gasteiger partial charge in [0, 0.05) is 12.3 Å². The van der Waals surface area contributed by atoms with Gasteiger partial charge in [0.05, 0.1) is 0 Å². The summed E-state index contributed by atoms with van der Waals surface area (Å²) in [6, 6.07) is 11.2. The third kappa shape index (κ3) is 3.34. The average molecular weight is 297 g/mol. The van der Waals surface area contributed by atoms with E-state index < -0.39 is 11.5 Å². The maximum absolute atomic E-state index is 12.1. The van der Waals surface area contributed by atoms with E-state index in [0.717, 1.165) is 11.1 Å². The van der Waals surface area contributed by atoms with Crippen molar-refractivity contribution in [1.29, 1.82) is 0 Å². The van der Waals surface area contributed by atoms with Crippen molar-refractivity contribution in [2.24, 2.45) is 0 Å². The lowest BCUT2D eigenvalue weighted by molar-refractivity contribution is -0.145. The van der Waals surface area contributed by atoms with Crippen LogP contribution in [-0.4, -0.2) is 15.6 Å². The predicted molar refractivity (Wildman–Crippen MR) is 87.8 cm³/mol. The van der Waals surface area contributed by atoms with E-state index in [1.54, 1.807) is 6.07 Å². The highest BCUT2D eigenvalue weighted by molar-refractivity contribution is 5.75. The average Bonchev–Trinajstić information content (AvgIpc) is 2.45. The van der Waals surface area contributed by atoms with Crippen molar-refractivity contribution in [3.63, 3.8) is 0 Å². The molecule has 4 nitrogen and oxygen atoms in total. The number of benzene rings is 1. The van der Waals surface area contributed by atoms with Crippen molar-refractivity contribution < 1.29 is 9.90 Å². The second-order valence-electron chi connectivity index (χ2n) is 5.78. The van der Waals surface area contributed by atoms with Gasteiger partial charge in [-0.3, -0.25) is 9.36 Å². The van der Waals surface area contributed by atoms with Gasteiger partial charge in [0.2, 0.25) is 0 Å². The van der Waals surface area contributed by atoms with E-state index in [2.05, 4.69) is 0 Å². The first-order chi connectivity index (χ1) is 10.3. The van der Waals surface area contributed by atoms with E-state index in [0.29, 0.717) is 0 Å². The van der Waals surface area contributed by atoms with Gasteiger partial charge in [0.15, 0.2) is 0 Å². The molecule has 0 unspecified atom stereocenters. The van der Waals surface area contributed by atoms with Gasteiger partial charge in [-0.05, 0) is 38.0 Å². The molecule has 0 saturated heterocycles. The van der Waals surface area contributed by atoms with Crippen LogP contribution in [0.3, 0.4) is 0 Å². The largest absolute Gasteiger partial charge is 0.480 e. The van der Waals surface area contributed by atoms with Crippen molar-refractivity contribution in [1.82, 2.24) is 4.57 Å². The minimum absolute atomic E-state index is 0.334. The Morgan fingerprint density at radius 2 is 1.77 bits per heavy atom. The minimum atomic E-state index is -1.27. The molecule has 0 amide bonds. The molecule has 1 aromatic carbocycles. The molecule has 4 heteroatoms. The number of nitrogens with zero attached hydrogens (tertiary/aromatic N) is 1. The molecule has 0 aliphatic rings. The van der Waals surface area contributed by atoms with Crippen LogP contribution >= 0.6 is 0 Å². The number of carbonyl (C=O) groups is 1. The Bertz CT molecular complexity index is 785. The van der Waals surface area contributed by atoms with Crippen molar-refractivity contribution in [3.8, 4) is 0 Å². The highest BCUT2D eigenvalue weighted by Crippen LogP contribution is 2.14. The van der Waals surface area contributed by atoms with E-state index in [9.17, 15) is 14.7 Å². The fourth-order valence-corrected chi connectivity index (χ4v) is 2.13. The van der Waals surface area contributed by atoms with Crippen LogP contribution in [-0.2, 0) is 10.3 Å². The molecule has 1 heterocycles. The molecule has 0 aliphatic carbocycles. The Kier molecular flexibility index (Phi) is 4.31. The first-order valence-electron chi connectivity index (χ1n) is 7.02. The predicted octanol–water partition coefficient (Wildman–Crippen LogP) is 3.15. The number of carboxylic acid groups (broad SMARTS) is 1. The Labute approximate surface area is 129 Å².